The standard InChI is InChI=1S/C45H51N11O4/c1-29(2)56-28-35(24-48-56)42(58)47-23-34-8-7-32(21-30(34)3)39-15-16-46-45(51-39)50-36-9-11-38(12-10-36)54-19-17-53(18-20-54)25-31-26-55(27-31)44(60)33-5-4-6-37(22-33)49-40-13-14-41(57)52-43(40)59/h4-12,15-16,21-22,24,28-29,31,40,49H,13-14,17-20,23,25-27H2,1-3H3,(H,47,58)(H,46,50,51)(H,52,57,59). The van der Waals surface area contributed by atoms with Gasteiger partial charge in [-0.05, 0) is 92.9 Å². The Hall–Kier alpha value is -6.61. The molecule has 1 atom stereocenters. The van der Waals surface area contributed by atoms with Crippen LogP contribution >= 0.6 is 0 Å². The van der Waals surface area contributed by atoms with E-state index in [-0.39, 0.29) is 29.7 Å². The van der Waals surface area contributed by atoms with Crippen LogP contribution in [0.25, 0.3) is 11.3 Å². The predicted octanol–water partition coefficient (Wildman–Crippen LogP) is 5.01. The molecular formula is C45H51N11O4. The lowest BCUT2D eigenvalue weighted by molar-refractivity contribution is -0.133. The lowest BCUT2D eigenvalue weighted by atomic mass is 9.97. The van der Waals surface area contributed by atoms with Crippen molar-refractivity contribution in [3.63, 3.8) is 0 Å². The minimum Gasteiger partial charge on any atom is -0.374 e. The van der Waals surface area contributed by atoms with Crippen molar-refractivity contribution in [2.24, 2.45) is 5.92 Å². The van der Waals surface area contributed by atoms with Crippen molar-refractivity contribution in [3.8, 4) is 11.3 Å². The Morgan fingerprint density at radius 2 is 1.72 bits per heavy atom. The van der Waals surface area contributed by atoms with Crippen LogP contribution in [-0.2, 0) is 16.1 Å². The molecule has 0 saturated carbocycles. The first kappa shape index (κ1) is 40.2. The molecule has 3 aromatic carbocycles. The largest absolute Gasteiger partial charge is 0.374 e. The molecule has 1 unspecified atom stereocenters. The molecule has 3 aliphatic rings. The summed E-state index contributed by atoms with van der Waals surface area (Å²) in [6.45, 7) is 12.7. The molecule has 8 rings (SSSR count). The van der Waals surface area contributed by atoms with E-state index in [1.807, 2.05) is 56.0 Å². The Bertz CT molecular complexity index is 2360. The molecule has 5 aromatic rings. The maximum Gasteiger partial charge on any atom is 0.254 e. The van der Waals surface area contributed by atoms with Gasteiger partial charge in [-0.15, -0.1) is 0 Å². The van der Waals surface area contributed by atoms with Gasteiger partial charge in [-0.25, -0.2) is 9.97 Å². The second-order valence-corrected chi connectivity index (χ2v) is 16.2. The number of piperidine rings is 1. The first-order valence-electron chi connectivity index (χ1n) is 20.6. The number of carbonyl (C=O) groups excluding carboxylic acids is 4. The van der Waals surface area contributed by atoms with Gasteiger partial charge in [0.25, 0.3) is 11.8 Å². The van der Waals surface area contributed by atoms with Crippen molar-refractivity contribution >= 4 is 46.6 Å². The van der Waals surface area contributed by atoms with Gasteiger partial charge in [-0.2, -0.15) is 5.10 Å². The average Bonchev–Trinajstić information content (AvgIpc) is 3.75. The van der Waals surface area contributed by atoms with Gasteiger partial charge in [0.2, 0.25) is 17.8 Å². The van der Waals surface area contributed by atoms with Crippen LogP contribution in [0.5, 0.6) is 0 Å². The molecule has 4 N–H and O–H groups in total. The molecule has 310 valence electrons. The minimum absolute atomic E-state index is 0.00665. The summed E-state index contributed by atoms with van der Waals surface area (Å²) < 4.78 is 1.77. The first-order valence-corrected chi connectivity index (χ1v) is 20.6. The minimum atomic E-state index is -0.493. The molecule has 3 fully saturated rings. The number of imide groups is 1. The van der Waals surface area contributed by atoms with Gasteiger partial charge in [0, 0.05) is 111 Å². The van der Waals surface area contributed by atoms with Gasteiger partial charge in [0.1, 0.15) is 6.04 Å². The van der Waals surface area contributed by atoms with Crippen LogP contribution in [-0.4, -0.2) is 105 Å². The summed E-state index contributed by atoms with van der Waals surface area (Å²) in [6, 6.07) is 23.3. The summed E-state index contributed by atoms with van der Waals surface area (Å²) in [7, 11) is 0. The van der Waals surface area contributed by atoms with Crippen LogP contribution in [0, 0.1) is 12.8 Å². The second kappa shape index (κ2) is 17.7. The number of hydrogen-bond acceptors (Lipinski definition) is 11. The molecule has 3 saturated heterocycles. The lowest BCUT2D eigenvalue weighted by Crippen LogP contribution is -2.56. The number of hydrogen-bond donors (Lipinski definition) is 4. The highest BCUT2D eigenvalue weighted by molar-refractivity contribution is 6.01. The molecule has 5 heterocycles. The Morgan fingerprint density at radius 1 is 0.917 bits per heavy atom. The van der Waals surface area contributed by atoms with Crippen LogP contribution in [0.4, 0.5) is 23.0 Å². The first-order chi connectivity index (χ1) is 29.0. The zero-order chi connectivity index (χ0) is 41.8. The number of aryl methyl sites for hydroxylation is 1. The van der Waals surface area contributed by atoms with Crippen LogP contribution in [0.1, 0.15) is 64.6 Å². The number of rotatable bonds is 13. The number of aromatic nitrogens is 4. The quantitative estimate of drug-likeness (QED) is 0.118. The number of carbonyl (C=O) groups is 4. The van der Waals surface area contributed by atoms with E-state index in [4.69, 9.17) is 4.98 Å². The fourth-order valence-electron chi connectivity index (χ4n) is 7.90. The van der Waals surface area contributed by atoms with Crippen molar-refractivity contribution in [2.75, 3.05) is 61.3 Å². The summed E-state index contributed by atoms with van der Waals surface area (Å²) in [5.41, 5.74) is 7.74. The third-order valence-corrected chi connectivity index (χ3v) is 11.4. The molecule has 0 radical (unpaired) electrons. The highest BCUT2D eigenvalue weighted by Gasteiger charge is 2.33. The zero-order valence-corrected chi connectivity index (χ0v) is 34.2. The maximum absolute atomic E-state index is 13.2. The highest BCUT2D eigenvalue weighted by atomic mass is 16.2. The van der Waals surface area contributed by atoms with E-state index in [2.05, 4.69) is 71.5 Å². The van der Waals surface area contributed by atoms with Crippen LogP contribution in [0.15, 0.2) is 91.4 Å². The van der Waals surface area contributed by atoms with Crippen molar-refractivity contribution in [1.29, 1.82) is 0 Å². The third-order valence-electron chi connectivity index (χ3n) is 11.4. The molecule has 2 aromatic heterocycles. The number of anilines is 4. The number of piperazine rings is 1. The molecule has 15 nitrogen and oxygen atoms in total. The Balaban J connectivity index is 0.771. The molecular weight excluding hydrogens is 759 g/mol. The summed E-state index contributed by atoms with van der Waals surface area (Å²) in [5.74, 6) is 0.199. The highest BCUT2D eigenvalue weighted by Crippen LogP contribution is 2.26. The molecule has 15 heteroatoms. The molecule has 4 amide bonds. The van der Waals surface area contributed by atoms with Crippen molar-refractivity contribution < 1.29 is 19.2 Å². The second-order valence-electron chi connectivity index (χ2n) is 16.2. The van der Waals surface area contributed by atoms with Crippen LogP contribution < -0.4 is 26.2 Å². The fourth-order valence-corrected chi connectivity index (χ4v) is 7.90. The number of amides is 4. The van der Waals surface area contributed by atoms with Crippen molar-refractivity contribution in [2.45, 2.75) is 52.2 Å². The number of nitrogens with zero attached hydrogens (tertiary/aromatic N) is 7. The van der Waals surface area contributed by atoms with Gasteiger partial charge < -0.3 is 25.8 Å². The summed E-state index contributed by atoms with van der Waals surface area (Å²) in [5, 5.41) is 16.2. The summed E-state index contributed by atoms with van der Waals surface area (Å²) in [6.07, 6.45) is 5.84. The smallest absolute Gasteiger partial charge is 0.254 e. The van der Waals surface area contributed by atoms with E-state index in [0.29, 0.717) is 48.1 Å². The summed E-state index contributed by atoms with van der Waals surface area (Å²) >= 11 is 0. The number of benzene rings is 3. The SMILES string of the molecule is Cc1cc(-c2ccnc(Nc3ccc(N4CCN(CC5CN(C(=O)c6cccc(NC7CCC(=O)NC7=O)c6)C5)CC4)cc3)n2)ccc1CNC(=O)c1cnn(C(C)C)c1. The molecule has 0 spiro atoms. The van der Waals surface area contributed by atoms with E-state index in [9.17, 15) is 19.2 Å². The van der Waals surface area contributed by atoms with E-state index in [1.165, 1.54) is 5.69 Å². The monoisotopic (exact) mass is 809 g/mol. The lowest BCUT2D eigenvalue weighted by Gasteiger charge is -2.44. The van der Waals surface area contributed by atoms with Gasteiger partial charge >= 0.3 is 0 Å². The van der Waals surface area contributed by atoms with Gasteiger partial charge in [0.05, 0.1) is 17.5 Å². The van der Waals surface area contributed by atoms with E-state index >= 15 is 0 Å². The maximum atomic E-state index is 13.2. The predicted molar refractivity (Wildman–Crippen MR) is 230 cm³/mol. The van der Waals surface area contributed by atoms with E-state index in [0.717, 1.165) is 73.9 Å². The third kappa shape index (κ3) is 9.47. The number of likely N-dealkylation sites (tertiary alicyclic amines) is 1. The normalized spacial score (nSPS) is 17.3. The van der Waals surface area contributed by atoms with Crippen molar-refractivity contribution in [3.05, 3.63) is 114 Å². The van der Waals surface area contributed by atoms with E-state index < -0.39 is 6.04 Å². The molecule has 60 heavy (non-hydrogen) atoms. The molecule has 0 aliphatic carbocycles. The Morgan fingerprint density at radius 3 is 2.45 bits per heavy atom. The fraction of sp³-hybridized carbons (Fsp3) is 0.356. The van der Waals surface area contributed by atoms with E-state index in [1.54, 1.807) is 35.4 Å². The van der Waals surface area contributed by atoms with Crippen LogP contribution in [0.3, 0.4) is 0 Å². The van der Waals surface area contributed by atoms with Gasteiger partial charge in [0.15, 0.2) is 0 Å². The molecule has 0 bridgehead atoms. The Labute approximate surface area is 349 Å². The average molecular weight is 810 g/mol. The van der Waals surface area contributed by atoms with Crippen LogP contribution in [0.2, 0.25) is 0 Å². The topological polar surface area (TPSA) is 170 Å². The zero-order valence-electron chi connectivity index (χ0n) is 34.2. The number of nitrogens with one attached hydrogen (secondary N) is 4. The Kier molecular flexibility index (Phi) is 11.9. The van der Waals surface area contributed by atoms with Crippen molar-refractivity contribution in [1.82, 2.24) is 40.2 Å². The summed E-state index contributed by atoms with van der Waals surface area (Å²) in [4.78, 5) is 65.6. The molecule has 3 aliphatic heterocycles. The van der Waals surface area contributed by atoms with Gasteiger partial charge in [-0.3, -0.25) is 34.1 Å². The van der Waals surface area contributed by atoms with Gasteiger partial charge in [-0.1, -0.05) is 18.2 Å².